The van der Waals surface area contributed by atoms with Gasteiger partial charge >= 0.3 is 0 Å². The Hall–Kier alpha value is -3.63. The molecule has 3 heterocycles. The van der Waals surface area contributed by atoms with E-state index >= 15 is 0 Å². The van der Waals surface area contributed by atoms with Crippen molar-refractivity contribution in [1.29, 1.82) is 0 Å². The second-order valence-corrected chi connectivity index (χ2v) is 10.5. The van der Waals surface area contributed by atoms with Crippen LogP contribution in [0.2, 0.25) is 0 Å². The fourth-order valence-corrected chi connectivity index (χ4v) is 5.77. The number of nitrogens with zero attached hydrogens (tertiary/aromatic N) is 4. The second-order valence-electron chi connectivity index (χ2n) is 8.42. The summed E-state index contributed by atoms with van der Waals surface area (Å²) in [4.78, 5) is 27.0. The summed E-state index contributed by atoms with van der Waals surface area (Å²) in [6.07, 6.45) is 0. The number of nitrogens with one attached hydrogen (secondary N) is 1. The molecule has 8 nitrogen and oxygen atoms in total. The van der Waals surface area contributed by atoms with Gasteiger partial charge in [0.2, 0.25) is 5.91 Å². The summed E-state index contributed by atoms with van der Waals surface area (Å²) < 4.78 is 0. The van der Waals surface area contributed by atoms with Gasteiger partial charge in [0, 0.05) is 47.6 Å². The summed E-state index contributed by atoms with van der Waals surface area (Å²) in [6, 6.07) is 12.7. The predicted molar refractivity (Wildman–Crippen MR) is 143 cm³/mol. The Morgan fingerprint density at radius 3 is 2.51 bits per heavy atom. The van der Waals surface area contributed by atoms with Crippen LogP contribution in [0.15, 0.2) is 47.8 Å². The number of benzene rings is 2. The molecule has 0 bridgehead atoms. The molecule has 1 saturated heterocycles. The number of nitrogens with two attached hydrogens (primary N) is 1. The third-order valence-corrected chi connectivity index (χ3v) is 7.97. The normalized spacial score (nSPS) is 13.8. The molecule has 0 unspecified atom stereocenters. The molecule has 1 fully saturated rings. The largest absolute Gasteiger partial charge is 0.508 e. The Balaban J connectivity index is 1.33. The molecule has 35 heavy (non-hydrogen) atoms. The van der Waals surface area contributed by atoms with E-state index in [0.29, 0.717) is 5.56 Å². The summed E-state index contributed by atoms with van der Waals surface area (Å²) >= 11 is 3.20. The topological polar surface area (TPSA) is 108 Å². The molecule has 0 atom stereocenters. The number of piperazine rings is 1. The summed E-state index contributed by atoms with van der Waals surface area (Å²) in [5.41, 5.74) is 10.6. The third kappa shape index (κ3) is 4.94. The van der Waals surface area contributed by atoms with Crippen molar-refractivity contribution < 1.29 is 9.90 Å². The first kappa shape index (κ1) is 23.1. The maximum Gasteiger partial charge on any atom is 0.248 e. The van der Waals surface area contributed by atoms with Gasteiger partial charge in [0.05, 0.1) is 22.8 Å². The molecule has 180 valence electrons. The molecular weight excluding hydrogens is 480 g/mol. The van der Waals surface area contributed by atoms with Gasteiger partial charge in [0.15, 0.2) is 10.3 Å². The van der Waals surface area contributed by atoms with Crippen LogP contribution in [0.3, 0.4) is 0 Å². The number of hydrogen-bond acceptors (Lipinski definition) is 9. The van der Waals surface area contributed by atoms with Gasteiger partial charge in [-0.05, 0) is 44.2 Å². The van der Waals surface area contributed by atoms with Crippen LogP contribution in [-0.2, 0) is 0 Å². The van der Waals surface area contributed by atoms with Crippen LogP contribution in [0.5, 0.6) is 5.75 Å². The van der Waals surface area contributed by atoms with Crippen LogP contribution < -0.4 is 20.9 Å². The zero-order valence-corrected chi connectivity index (χ0v) is 21.1. The molecule has 0 saturated carbocycles. The number of hydrogen-bond donors (Lipinski definition) is 3. The number of primary amides is 1. The zero-order chi connectivity index (χ0) is 24.5. The van der Waals surface area contributed by atoms with Crippen molar-refractivity contribution in [2.24, 2.45) is 5.73 Å². The van der Waals surface area contributed by atoms with Crippen molar-refractivity contribution in [3.8, 4) is 17.0 Å². The highest BCUT2D eigenvalue weighted by Crippen LogP contribution is 2.34. The van der Waals surface area contributed by atoms with E-state index < -0.39 is 5.91 Å². The Labute approximate surface area is 211 Å². The molecule has 0 aliphatic carbocycles. The first-order valence-electron chi connectivity index (χ1n) is 11.3. The number of amides is 1. The van der Waals surface area contributed by atoms with Crippen LogP contribution in [0, 0.1) is 13.8 Å². The van der Waals surface area contributed by atoms with Crippen molar-refractivity contribution in [2.75, 3.05) is 41.3 Å². The molecule has 1 amide bonds. The van der Waals surface area contributed by atoms with Crippen LogP contribution in [0.4, 0.5) is 21.6 Å². The van der Waals surface area contributed by atoms with Gasteiger partial charge in [-0.15, -0.1) is 22.7 Å². The van der Waals surface area contributed by atoms with E-state index in [0.717, 1.165) is 69.6 Å². The average Bonchev–Trinajstić information content (AvgIpc) is 3.46. The number of carbonyl (C=O) groups is 1. The highest BCUT2D eigenvalue weighted by molar-refractivity contribution is 7.15. The van der Waals surface area contributed by atoms with Crippen LogP contribution in [-0.4, -0.2) is 47.2 Å². The van der Waals surface area contributed by atoms with Gasteiger partial charge in [-0.25, -0.2) is 9.97 Å². The fourth-order valence-electron chi connectivity index (χ4n) is 4.05. The smallest absolute Gasteiger partial charge is 0.248 e. The lowest BCUT2D eigenvalue weighted by molar-refractivity contribution is 0.100. The number of aromatic hydroxyl groups is 1. The first-order valence-corrected chi connectivity index (χ1v) is 13.0. The van der Waals surface area contributed by atoms with Crippen molar-refractivity contribution in [3.63, 3.8) is 0 Å². The summed E-state index contributed by atoms with van der Waals surface area (Å²) in [6.45, 7) is 7.28. The average molecular weight is 507 g/mol. The summed E-state index contributed by atoms with van der Waals surface area (Å²) in [5.74, 6) is -0.220. The molecular formula is C25H26N6O2S2. The number of carbonyl (C=O) groups excluding carboxylic acids is 1. The van der Waals surface area contributed by atoms with Crippen LogP contribution in [0.1, 0.15) is 20.9 Å². The van der Waals surface area contributed by atoms with E-state index in [9.17, 15) is 9.90 Å². The molecule has 1 aliphatic rings. The number of thiazole rings is 2. The van der Waals surface area contributed by atoms with Gasteiger partial charge in [-0.3, -0.25) is 4.79 Å². The molecule has 0 spiro atoms. The lowest BCUT2D eigenvalue weighted by atomic mass is 10.1. The molecule has 1 aliphatic heterocycles. The number of aryl methyl sites for hydroxylation is 2. The molecule has 2 aromatic carbocycles. The minimum atomic E-state index is -0.456. The standard InChI is InChI=1S/C25H26N6O2S2/c1-15-16(2)35-24(27-15)28-20-13-18(23(26)33)6-7-22(20)30-8-10-31(11-9-30)25-29-21(14-34-25)17-4-3-5-19(32)12-17/h3-7,12-14,32H,8-11H2,1-2H3,(H2,26,33)(H,27,28). The predicted octanol–water partition coefficient (Wildman–Crippen LogP) is 4.76. The van der Waals surface area contributed by atoms with Crippen molar-refractivity contribution in [3.05, 3.63) is 64.0 Å². The van der Waals surface area contributed by atoms with Gasteiger partial charge < -0.3 is 26.0 Å². The maximum atomic E-state index is 11.8. The summed E-state index contributed by atoms with van der Waals surface area (Å²) in [5, 5.41) is 17.0. The monoisotopic (exact) mass is 506 g/mol. The number of rotatable bonds is 6. The molecule has 10 heteroatoms. The van der Waals surface area contributed by atoms with E-state index in [1.54, 1.807) is 46.9 Å². The lowest BCUT2D eigenvalue weighted by Crippen LogP contribution is -2.46. The van der Waals surface area contributed by atoms with Crippen LogP contribution in [0.25, 0.3) is 11.3 Å². The van der Waals surface area contributed by atoms with E-state index in [1.165, 1.54) is 0 Å². The Kier molecular flexibility index (Phi) is 6.31. The maximum absolute atomic E-state index is 11.8. The molecule has 4 N–H and O–H groups in total. The second kappa shape index (κ2) is 9.55. The number of phenols is 1. The SMILES string of the molecule is Cc1nc(Nc2cc(C(N)=O)ccc2N2CCN(c3nc(-c4cccc(O)c4)cs3)CC2)sc1C. The Morgan fingerprint density at radius 1 is 1.06 bits per heavy atom. The van der Waals surface area contributed by atoms with Crippen LogP contribution >= 0.6 is 22.7 Å². The Bertz CT molecular complexity index is 1350. The van der Waals surface area contributed by atoms with Crippen molar-refractivity contribution >= 4 is 50.2 Å². The van der Waals surface area contributed by atoms with E-state index in [4.69, 9.17) is 10.7 Å². The van der Waals surface area contributed by atoms with Crippen molar-refractivity contribution in [1.82, 2.24) is 9.97 Å². The summed E-state index contributed by atoms with van der Waals surface area (Å²) in [7, 11) is 0. The highest BCUT2D eigenvalue weighted by Gasteiger charge is 2.23. The highest BCUT2D eigenvalue weighted by atomic mass is 32.1. The minimum Gasteiger partial charge on any atom is -0.508 e. The third-order valence-electron chi connectivity index (χ3n) is 6.08. The van der Waals surface area contributed by atoms with Gasteiger partial charge in [-0.2, -0.15) is 0 Å². The number of aromatic nitrogens is 2. The van der Waals surface area contributed by atoms with E-state index in [-0.39, 0.29) is 5.75 Å². The van der Waals surface area contributed by atoms with Gasteiger partial charge in [0.25, 0.3) is 0 Å². The minimum absolute atomic E-state index is 0.237. The molecule has 0 radical (unpaired) electrons. The number of phenolic OH excluding ortho intramolecular Hbond substituents is 1. The van der Waals surface area contributed by atoms with E-state index in [2.05, 4.69) is 20.1 Å². The molecule has 5 rings (SSSR count). The quantitative estimate of drug-likeness (QED) is 0.346. The van der Waals surface area contributed by atoms with Crippen molar-refractivity contribution in [2.45, 2.75) is 13.8 Å². The Morgan fingerprint density at radius 2 is 1.83 bits per heavy atom. The molecule has 4 aromatic rings. The number of anilines is 4. The fraction of sp³-hybridized carbons (Fsp3) is 0.240. The first-order chi connectivity index (χ1) is 16.9. The van der Waals surface area contributed by atoms with Gasteiger partial charge in [0.1, 0.15) is 5.75 Å². The molecule has 2 aromatic heterocycles. The van der Waals surface area contributed by atoms with E-state index in [1.807, 2.05) is 37.4 Å². The lowest BCUT2D eigenvalue weighted by Gasteiger charge is -2.37. The van der Waals surface area contributed by atoms with Gasteiger partial charge in [-0.1, -0.05) is 12.1 Å². The zero-order valence-electron chi connectivity index (χ0n) is 19.5.